The molecule has 1 aromatic carbocycles. The highest BCUT2D eigenvalue weighted by molar-refractivity contribution is 6.88. The molecule has 1 aromatic rings. The van der Waals surface area contributed by atoms with E-state index in [1.54, 1.807) is 0 Å². The lowest BCUT2D eigenvalue weighted by Crippen LogP contribution is -2.54. The molecule has 0 radical (unpaired) electrons. The Hall–Kier alpha value is -1.13. The molecule has 0 fully saturated rings. The number of nitrogens with zero attached hydrogens (tertiary/aromatic N) is 1. The van der Waals surface area contributed by atoms with Gasteiger partial charge in [0.05, 0.1) is 0 Å². The highest BCUT2D eigenvalue weighted by Crippen LogP contribution is 2.30. The van der Waals surface area contributed by atoms with E-state index in [0.717, 1.165) is 17.2 Å². The maximum Gasteiger partial charge on any atom is 0.225 e. The van der Waals surface area contributed by atoms with Crippen molar-refractivity contribution in [3.8, 4) is 0 Å². The monoisotopic (exact) mass is 279 g/mol. The average Bonchev–Trinajstić information content (AvgIpc) is 2.36. The molecular formula is C15H25NO2Si. The van der Waals surface area contributed by atoms with Gasteiger partial charge in [0.2, 0.25) is 8.32 Å². The summed E-state index contributed by atoms with van der Waals surface area (Å²) in [7, 11) is 1.23. The van der Waals surface area contributed by atoms with Crippen LogP contribution < -0.4 is 10.1 Å². The average molecular weight is 279 g/mol. The predicted molar refractivity (Wildman–Crippen MR) is 84.0 cm³/mol. The fourth-order valence-corrected chi connectivity index (χ4v) is 6.10. The molecule has 0 bridgehead atoms. The molecule has 19 heavy (non-hydrogen) atoms. The molecule has 0 amide bonds. The number of carbonyl (C=O) groups excluding carboxylic acids is 1. The Balaban J connectivity index is 3.44. The first-order valence-electron chi connectivity index (χ1n) is 6.74. The van der Waals surface area contributed by atoms with Crippen molar-refractivity contribution in [1.29, 1.82) is 0 Å². The topological polar surface area (TPSA) is 40.5 Å². The van der Waals surface area contributed by atoms with Gasteiger partial charge in [-0.1, -0.05) is 33.8 Å². The molecule has 0 saturated heterocycles. The minimum absolute atomic E-state index is 0.177. The predicted octanol–water partition coefficient (Wildman–Crippen LogP) is 2.53. The van der Waals surface area contributed by atoms with Gasteiger partial charge >= 0.3 is 0 Å². The molecule has 0 spiro atoms. The summed E-state index contributed by atoms with van der Waals surface area (Å²) >= 11 is 0. The fourth-order valence-electron chi connectivity index (χ4n) is 2.58. The molecule has 1 rings (SSSR count). The number of carbonyl (C=O) groups is 1. The van der Waals surface area contributed by atoms with Gasteiger partial charge in [-0.3, -0.25) is 4.79 Å². The van der Waals surface area contributed by atoms with Crippen LogP contribution in [0, 0.1) is 0 Å². The maximum absolute atomic E-state index is 11.4. The van der Waals surface area contributed by atoms with Crippen LogP contribution in [-0.4, -0.2) is 33.5 Å². The third-order valence-electron chi connectivity index (χ3n) is 3.87. The fraction of sp³-hybridized carbons (Fsp3) is 0.533. The van der Waals surface area contributed by atoms with Crippen LogP contribution in [0.1, 0.15) is 38.1 Å². The number of anilines is 1. The second-order valence-corrected chi connectivity index (χ2v) is 10.4. The third kappa shape index (κ3) is 2.90. The zero-order chi connectivity index (χ0) is 14.8. The first-order chi connectivity index (χ1) is 8.75. The Morgan fingerprint density at radius 1 is 1.16 bits per heavy atom. The van der Waals surface area contributed by atoms with Gasteiger partial charge in [-0.15, -0.1) is 0 Å². The number of benzene rings is 1. The van der Waals surface area contributed by atoms with Gasteiger partial charge in [-0.2, -0.15) is 0 Å². The summed E-state index contributed by atoms with van der Waals surface area (Å²) in [4.78, 5) is 24.5. The van der Waals surface area contributed by atoms with E-state index in [2.05, 4.69) is 0 Å². The molecule has 106 valence electrons. The van der Waals surface area contributed by atoms with Crippen LogP contribution in [0.25, 0.3) is 0 Å². The van der Waals surface area contributed by atoms with Crippen molar-refractivity contribution in [3.05, 3.63) is 23.8 Å². The van der Waals surface area contributed by atoms with Crippen molar-refractivity contribution in [2.45, 2.75) is 38.8 Å². The van der Waals surface area contributed by atoms with Gasteiger partial charge in [0, 0.05) is 25.3 Å². The smallest absolute Gasteiger partial charge is 0.225 e. The van der Waals surface area contributed by atoms with Crippen molar-refractivity contribution in [3.63, 3.8) is 0 Å². The number of rotatable bonds is 5. The second kappa shape index (κ2) is 5.88. The van der Waals surface area contributed by atoms with Gasteiger partial charge in [-0.05, 0) is 28.4 Å². The first kappa shape index (κ1) is 15.9. The van der Waals surface area contributed by atoms with Crippen LogP contribution in [-0.2, 0) is 0 Å². The molecule has 4 heteroatoms. The minimum atomic E-state index is -2.65. The Morgan fingerprint density at radius 2 is 1.68 bits per heavy atom. The van der Waals surface area contributed by atoms with Gasteiger partial charge in [-0.25, -0.2) is 0 Å². The van der Waals surface area contributed by atoms with E-state index >= 15 is 0 Å². The molecule has 0 aromatic heterocycles. The van der Waals surface area contributed by atoms with Gasteiger partial charge in [0.25, 0.3) is 0 Å². The summed E-state index contributed by atoms with van der Waals surface area (Å²) in [5, 5.41) is 0.859. The van der Waals surface area contributed by atoms with Gasteiger partial charge in [0.1, 0.15) is 6.29 Å². The molecular weight excluding hydrogens is 254 g/mol. The zero-order valence-corrected chi connectivity index (χ0v) is 13.8. The highest BCUT2D eigenvalue weighted by Gasteiger charge is 2.42. The quantitative estimate of drug-likeness (QED) is 0.665. The van der Waals surface area contributed by atoms with Crippen LogP contribution in [0.4, 0.5) is 5.69 Å². The van der Waals surface area contributed by atoms with Crippen LogP contribution in [0.5, 0.6) is 0 Å². The van der Waals surface area contributed by atoms with Crippen LogP contribution >= 0.6 is 0 Å². The molecule has 0 atom stereocenters. The largest absolute Gasteiger partial charge is 0.427 e. The van der Waals surface area contributed by atoms with E-state index in [0.29, 0.717) is 5.56 Å². The summed E-state index contributed by atoms with van der Waals surface area (Å²) in [6, 6.07) is 5.78. The standard InChI is InChI=1S/C15H25NO2Si/c1-11(2)19(18,12(3)4)15-8-7-14(16(5)6)9-13(15)10-17/h7-12,18H,1-6H3. The van der Waals surface area contributed by atoms with E-state index < -0.39 is 8.32 Å². The molecule has 0 heterocycles. The lowest BCUT2D eigenvalue weighted by molar-refractivity contribution is 0.112. The summed E-state index contributed by atoms with van der Waals surface area (Å²) in [6.07, 6.45) is 0.866. The van der Waals surface area contributed by atoms with E-state index in [-0.39, 0.29) is 11.1 Å². The SMILES string of the molecule is CC(C)[Si](O)(c1ccc(N(C)C)cc1C=O)C(C)C. The van der Waals surface area contributed by atoms with Crippen molar-refractivity contribution >= 4 is 25.5 Å². The lowest BCUT2D eigenvalue weighted by Gasteiger charge is -2.34. The Labute approximate surface area is 117 Å². The molecule has 0 aliphatic heterocycles. The lowest BCUT2D eigenvalue weighted by atomic mass is 10.2. The summed E-state index contributed by atoms with van der Waals surface area (Å²) in [5.41, 5.74) is 1.96. The van der Waals surface area contributed by atoms with Gasteiger partial charge < -0.3 is 9.70 Å². The zero-order valence-electron chi connectivity index (χ0n) is 12.8. The molecule has 0 aliphatic rings. The molecule has 0 unspecified atom stereocenters. The van der Waals surface area contributed by atoms with Crippen molar-refractivity contribution in [2.24, 2.45) is 0 Å². The molecule has 3 nitrogen and oxygen atoms in total. The normalized spacial score (nSPS) is 12.1. The number of hydrogen-bond donors (Lipinski definition) is 1. The minimum Gasteiger partial charge on any atom is -0.427 e. The third-order valence-corrected chi connectivity index (χ3v) is 8.71. The maximum atomic E-state index is 11.4. The van der Waals surface area contributed by atoms with Crippen LogP contribution in [0.3, 0.4) is 0 Å². The summed E-state index contributed by atoms with van der Waals surface area (Å²) < 4.78 is 0. The van der Waals surface area contributed by atoms with Crippen molar-refractivity contribution < 1.29 is 9.59 Å². The Morgan fingerprint density at radius 3 is 2.05 bits per heavy atom. The number of aldehydes is 1. The molecule has 1 N–H and O–H groups in total. The van der Waals surface area contributed by atoms with Crippen molar-refractivity contribution in [1.82, 2.24) is 0 Å². The molecule has 0 aliphatic carbocycles. The van der Waals surface area contributed by atoms with E-state index in [4.69, 9.17) is 0 Å². The Bertz CT molecular complexity index is 447. The summed E-state index contributed by atoms with van der Waals surface area (Å²) in [5.74, 6) is 0. The van der Waals surface area contributed by atoms with E-state index in [1.165, 1.54) is 0 Å². The first-order valence-corrected chi connectivity index (χ1v) is 8.84. The van der Waals surface area contributed by atoms with E-state index in [1.807, 2.05) is 64.9 Å². The van der Waals surface area contributed by atoms with Crippen molar-refractivity contribution in [2.75, 3.05) is 19.0 Å². The number of hydrogen-bond acceptors (Lipinski definition) is 3. The summed E-state index contributed by atoms with van der Waals surface area (Å²) in [6.45, 7) is 8.17. The Kier molecular flexibility index (Phi) is 4.93. The second-order valence-electron chi connectivity index (χ2n) is 5.92. The van der Waals surface area contributed by atoms with Crippen LogP contribution in [0.2, 0.25) is 11.1 Å². The molecule has 0 saturated carbocycles. The highest BCUT2D eigenvalue weighted by atomic mass is 28.4. The van der Waals surface area contributed by atoms with Gasteiger partial charge in [0.15, 0.2) is 0 Å². The van der Waals surface area contributed by atoms with E-state index in [9.17, 15) is 9.59 Å². The van der Waals surface area contributed by atoms with Crippen LogP contribution in [0.15, 0.2) is 18.2 Å².